The second kappa shape index (κ2) is 5.08. The molecule has 0 aliphatic carbocycles. The molecule has 0 atom stereocenters. The fourth-order valence-corrected chi connectivity index (χ4v) is 3.20. The number of nitrogens with two attached hydrogens (primary N) is 1. The van der Waals surface area contributed by atoms with Crippen LogP contribution in [0.4, 0.5) is 5.13 Å². The molecular formula is C14H17N3S. The molecule has 0 bridgehead atoms. The van der Waals surface area contributed by atoms with E-state index in [9.17, 15) is 0 Å². The molecule has 1 aromatic carbocycles. The van der Waals surface area contributed by atoms with Crippen LogP contribution in [0, 0.1) is 0 Å². The van der Waals surface area contributed by atoms with Crippen LogP contribution in [0.2, 0.25) is 0 Å². The van der Waals surface area contributed by atoms with Gasteiger partial charge in [0.1, 0.15) is 0 Å². The number of hydrogen-bond acceptors (Lipinski definition) is 4. The normalized spacial score (nSPS) is 15.3. The van der Waals surface area contributed by atoms with E-state index < -0.39 is 0 Å². The average Bonchev–Trinajstić information content (AvgIpc) is 3.09. The Balaban J connectivity index is 1.87. The van der Waals surface area contributed by atoms with Gasteiger partial charge in [-0.2, -0.15) is 0 Å². The Hall–Kier alpha value is -1.39. The van der Waals surface area contributed by atoms with Crippen molar-refractivity contribution in [3.05, 3.63) is 35.2 Å². The smallest absolute Gasteiger partial charge is 0.185 e. The Bertz CT molecular complexity index is 529. The average molecular weight is 259 g/mol. The third-order valence-electron chi connectivity index (χ3n) is 3.33. The molecule has 3 nitrogen and oxygen atoms in total. The van der Waals surface area contributed by atoms with E-state index in [1.54, 1.807) is 11.3 Å². The fourth-order valence-electron chi connectivity index (χ4n) is 2.31. The summed E-state index contributed by atoms with van der Waals surface area (Å²) in [5, 5.41) is 3.30. The minimum Gasteiger partial charge on any atom is -0.348 e. The summed E-state index contributed by atoms with van der Waals surface area (Å²) in [6.07, 6.45) is 2.58. The van der Waals surface area contributed by atoms with E-state index in [2.05, 4.69) is 28.5 Å². The van der Waals surface area contributed by atoms with E-state index in [0.29, 0.717) is 6.54 Å². The quantitative estimate of drug-likeness (QED) is 0.921. The molecule has 1 aliphatic heterocycles. The van der Waals surface area contributed by atoms with Gasteiger partial charge in [-0.05, 0) is 24.5 Å². The Kier molecular flexibility index (Phi) is 3.30. The van der Waals surface area contributed by atoms with Crippen LogP contribution in [0.25, 0.3) is 11.3 Å². The lowest BCUT2D eigenvalue weighted by Gasteiger charge is -2.12. The summed E-state index contributed by atoms with van der Waals surface area (Å²) in [7, 11) is 0. The van der Waals surface area contributed by atoms with Crippen molar-refractivity contribution in [3.8, 4) is 11.3 Å². The number of nitrogens with zero attached hydrogens (tertiary/aromatic N) is 2. The van der Waals surface area contributed by atoms with Crippen molar-refractivity contribution < 1.29 is 0 Å². The molecule has 4 heteroatoms. The van der Waals surface area contributed by atoms with Crippen LogP contribution in [0.3, 0.4) is 0 Å². The van der Waals surface area contributed by atoms with Gasteiger partial charge < -0.3 is 10.6 Å². The van der Waals surface area contributed by atoms with Crippen LogP contribution in [-0.4, -0.2) is 18.1 Å². The second-order valence-corrected chi connectivity index (χ2v) is 5.45. The molecule has 1 saturated heterocycles. The predicted octanol–water partition coefficient (Wildman–Crippen LogP) is 2.87. The summed E-state index contributed by atoms with van der Waals surface area (Å²) >= 11 is 1.74. The maximum absolute atomic E-state index is 5.68. The lowest BCUT2D eigenvalue weighted by Crippen LogP contribution is -2.17. The summed E-state index contributed by atoms with van der Waals surface area (Å²) in [4.78, 5) is 7.12. The minimum absolute atomic E-state index is 0.580. The van der Waals surface area contributed by atoms with Gasteiger partial charge in [-0.3, -0.25) is 0 Å². The number of hydrogen-bond donors (Lipinski definition) is 1. The van der Waals surface area contributed by atoms with Crippen LogP contribution in [0.15, 0.2) is 29.6 Å². The van der Waals surface area contributed by atoms with E-state index in [-0.39, 0.29) is 0 Å². The van der Waals surface area contributed by atoms with Crippen molar-refractivity contribution in [1.82, 2.24) is 4.98 Å². The number of rotatable bonds is 3. The van der Waals surface area contributed by atoms with Crippen LogP contribution in [-0.2, 0) is 6.54 Å². The van der Waals surface area contributed by atoms with Crippen molar-refractivity contribution in [2.75, 3.05) is 18.0 Å². The predicted molar refractivity (Wildman–Crippen MR) is 76.9 cm³/mol. The molecule has 0 unspecified atom stereocenters. The zero-order valence-electron chi connectivity index (χ0n) is 10.3. The molecule has 0 spiro atoms. The minimum atomic E-state index is 0.580. The van der Waals surface area contributed by atoms with Gasteiger partial charge in [0, 0.05) is 30.6 Å². The highest BCUT2D eigenvalue weighted by Crippen LogP contribution is 2.29. The van der Waals surface area contributed by atoms with Gasteiger partial charge in [0.15, 0.2) is 5.13 Å². The zero-order chi connectivity index (χ0) is 12.4. The van der Waals surface area contributed by atoms with E-state index in [4.69, 9.17) is 10.7 Å². The number of aromatic nitrogens is 1. The Labute approximate surface area is 111 Å². The molecular weight excluding hydrogens is 242 g/mol. The Morgan fingerprint density at radius 2 is 2.11 bits per heavy atom. The molecule has 3 rings (SSSR count). The first kappa shape index (κ1) is 11.7. The third-order valence-corrected chi connectivity index (χ3v) is 4.23. The third kappa shape index (κ3) is 2.26. The van der Waals surface area contributed by atoms with Crippen molar-refractivity contribution in [2.45, 2.75) is 19.4 Å². The van der Waals surface area contributed by atoms with Crippen LogP contribution in [0.1, 0.15) is 18.4 Å². The topological polar surface area (TPSA) is 42.1 Å². The molecule has 0 amide bonds. The van der Waals surface area contributed by atoms with E-state index in [1.807, 2.05) is 6.07 Å². The molecule has 0 saturated carbocycles. The number of thiazole rings is 1. The van der Waals surface area contributed by atoms with E-state index in [0.717, 1.165) is 29.5 Å². The first-order valence-electron chi connectivity index (χ1n) is 6.36. The Morgan fingerprint density at radius 1 is 1.28 bits per heavy atom. The summed E-state index contributed by atoms with van der Waals surface area (Å²) in [6, 6.07) is 8.33. The summed E-state index contributed by atoms with van der Waals surface area (Å²) in [5.74, 6) is 0. The van der Waals surface area contributed by atoms with Gasteiger partial charge in [0.25, 0.3) is 0 Å². The molecule has 18 heavy (non-hydrogen) atoms. The number of benzene rings is 1. The van der Waals surface area contributed by atoms with Gasteiger partial charge >= 0.3 is 0 Å². The fraction of sp³-hybridized carbons (Fsp3) is 0.357. The molecule has 0 radical (unpaired) electrons. The molecule has 2 heterocycles. The van der Waals surface area contributed by atoms with Crippen LogP contribution in [0.5, 0.6) is 0 Å². The van der Waals surface area contributed by atoms with Crippen molar-refractivity contribution in [2.24, 2.45) is 5.73 Å². The van der Waals surface area contributed by atoms with E-state index >= 15 is 0 Å². The van der Waals surface area contributed by atoms with Gasteiger partial charge in [-0.1, -0.05) is 18.2 Å². The monoisotopic (exact) mass is 259 g/mol. The Morgan fingerprint density at radius 3 is 2.89 bits per heavy atom. The zero-order valence-corrected chi connectivity index (χ0v) is 11.1. The lowest BCUT2D eigenvalue weighted by molar-refractivity contribution is 0.949. The van der Waals surface area contributed by atoms with Crippen molar-refractivity contribution in [3.63, 3.8) is 0 Å². The number of anilines is 1. The second-order valence-electron chi connectivity index (χ2n) is 4.61. The van der Waals surface area contributed by atoms with Crippen molar-refractivity contribution in [1.29, 1.82) is 0 Å². The van der Waals surface area contributed by atoms with Gasteiger partial charge in [-0.25, -0.2) is 4.98 Å². The molecule has 2 aromatic rings. The molecule has 94 valence electrons. The highest BCUT2D eigenvalue weighted by atomic mass is 32.1. The van der Waals surface area contributed by atoms with Crippen molar-refractivity contribution >= 4 is 16.5 Å². The standard InChI is InChI=1S/C14H17N3S/c15-9-11-4-3-5-12(8-11)13-10-18-14(16-13)17-6-1-2-7-17/h3-5,8,10H,1-2,6-7,9,15H2. The lowest BCUT2D eigenvalue weighted by atomic mass is 10.1. The summed E-state index contributed by atoms with van der Waals surface area (Å²) < 4.78 is 0. The highest BCUT2D eigenvalue weighted by molar-refractivity contribution is 7.14. The van der Waals surface area contributed by atoms with E-state index in [1.165, 1.54) is 18.4 Å². The summed E-state index contributed by atoms with van der Waals surface area (Å²) in [5.41, 5.74) is 9.06. The molecule has 1 aromatic heterocycles. The maximum Gasteiger partial charge on any atom is 0.185 e. The maximum atomic E-state index is 5.68. The molecule has 2 N–H and O–H groups in total. The first-order valence-corrected chi connectivity index (χ1v) is 7.24. The van der Waals surface area contributed by atoms with Gasteiger partial charge in [-0.15, -0.1) is 11.3 Å². The SMILES string of the molecule is NCc1cccc(-c2csc(N3CCCC3)n2)c1. The van der Waals surface area contributed by atoms with Crippen LogP contribution < -0.4 is 10.6 Å². The largest absolute Gasteiger partial charge is 0.348 e. The molecule has 1 aliphatic rings. The molecule has 1 fully saturated rings. The highest BCUT2D eigenvalue weighted by Gasteiger charge is 2.15. The van der Waals surface area contributed by atoms with Gasteiger partial charge in [0.2, 0.25) is 0 Å². The first-order chi connectivity index (χ1) is 8.86. The van der Waals surface area contributed by atoms with Gasteiger partial charge in [0.05, 0.1) is 5.69 Å². The van der Waals surface area contributed by atoms with Crippen LogP contribution >= 0.6 is 11.3 Å². The summed E-state index contributed by atoms with van der Waals surface area (Å²) in [6.45, 7) is 2.88.